The molecule has 7 heteroatoms. The minimum atomic E-state index is -1.17. The van der Waals surface area contributed by atoms with Crippen molar-refractivity contribution in [2.75, 3.05) is 13.2 Å². The van der Waals surface area contributed by atoms with E-state index in [-0.39, 0.29) is 23.1 Å². The van der Waals surface area contributed by atoms with E-state index in [0.29, 0.717) is 26.1 Å². The largest absolute Gasteiger partial charge is 0.489 e. The summed E-state index contributed by atoms with van der Waals surface area (Å²) in [6, 6.07) is 3.49. The summed E-state index contributed by atoms with van der Waals surface area (Å²) >= 11 is 0. The van der Waals surface area contributed by atoms with Crippen LogP contribution in [0.5, 0.6) is 5.75 Å². The van der Waals surface area contributed by atoms with Crippen LogP contribution in [0, 0.1) is 10.1 Å². The van der Waals surface area contributed by atoms with Gasteiger partial charge in [-0.2, -0.15) is 0 Å². The van der Waals surface area contributed by atoms with Gasteiger partial charge in [-0.3, -0.25) is 10.1 Å². The Hall–Kier alpha value is -2.15. The van der Waals surface area contributed by atoms with Crippen LogP contribution in [0.1, 0.15) is 23.2 Å². The molecule has 0 spiro atoms. The molecule has 0 radical (unpaired) electrons. The third kappa shape index (κ3) is 3.19. The number of hydrogen-bond donors (Lipinski definition) is 1. The second-order valence-corrected chi connectivity index (χ2v) is 4.17. The van der Waals surface area contributed by atoms with Gasteiger partial charge in [-0.25, -0.2) is 4.79 Å². The normalized spacial score (nSPS) is 16.0. The van der Waals surface area contributed by atoms with E-state index in [1.165, 1.54) is 6.07 Å². The molecule has 0 aromatic heterocycles. The number of aromatic carboxylic acids is 1. The summed E-state index contributed by atoms with van der Waals surface area (Å²) in [6.45, 7) is 1.09. The molecule has 1 fully saturated rings. The number of rotatable bonds is 4. The Morgan fingerprint density at radius 2 is 2.11 bits per heavy atom. The summed E-state index contributed by atoms with van der Waals surface area (Å²) in [5.41, 5.74) is -0.260. The average molecular weight is 267 g/mol. The van der Waals surface area contributed by atoms with E-state index >= 15 is 0 Å². The fraction of sp³-hybridized carbons (Fsp3) is 0.417. The van der Waals surface area contributed by atoms with Crippen LogP contribution >= 0.6 is 0 Å². The molecule has 1 saturated heterocycles. The van der Waals surface area contributed by atoms with Crippen molar-refractivity contribution in [1.82, 2.24) is 0 Å². The molecular weight excluding hydrogens is 254 g/mol. The SMILES string of the molecule is O=C(O)c1ccc([N+](=O)[O-])cc1OC1CCOCC1. The highest BCUT2D eigenvalue weighted by Gasteiger charge is 2.21. The Bertz CT molecular complexity index is 495. The van der Waals surface area contributed by atoms with Gasteiger partial charge in [0.1, 0.15) is 17.4 Å². The molecule has 19 heavy (non-hydrogen) atoms. The van der Waals surface area contributed by atoms with Crippen molar-refractivity contribution in [3.05, 3.63) is 33.9 Å². The third-order valence-corrected chi connectivity index (χ3v) is 2.87. The van der Waals surface area contributed by atoms with E-state index in [9.17, 15) is 14.9 Å². The highest BCUT2D eigenvalue weighted by Crippen LogP contribution is 2.27. The van der Waals surface area contributed by atoms with Crippen LogP contribution < -0.4 is 4.74 Å². The monoisotopic (exact) mass is 267 g/mol. The van der Waals surface area contributed by atoms with Gasteiger partial charge in [0.2, 0.25) is 0 Å². The fourth-order valence-electron chi connectivity index (χ4n) is 1.87. The first-order valence-electron chi connectivity index (χ1n) is 5.84. The minimum Gasteiger partial charge on any atom is -0.489 e. The fourth-order valence-corrected chi connectivity index (χ4v) is 1.87. The van der Waals surface area contributed by atoms with Crippen LogP contribution in [-0.4, -0.2) is 35.3 Å². The predicted molar refractivity (Wildman–Crippen MR) is 64.5 cm³/mol. The number of nitro groups is 1. The maximum atomic E-state index is 11.1. The molecule has 102 valence electrons. The lowest BCUT2D eigenvalue weighted by atomic mass is 10.1. The first-order valence-corrected chi connectivity index (χ1v) is 5.84. The highest BCUT2D eigenvalue weighted by atomic mass is 16.6. The average Bonchev–Trinajstić information content (AvgIpc) is 2.39. The molecule has 0 aliphatic carbocycles. The smallest absolute Gasteiger partial charge is 0.339 e. The van der Waals surface area contributed by atoms with Gasteiger partial charge in [0, 0.05) is 18.9 Å². The lowest BCUT2D eigenvalue weighted by Crippen LogP contribution is -2.26. The lowest BCUT2D eigenvalue weighted by molar-refractivity contribution is -0.385. The van der Waals surface area contributed by atoms with E-state index in [1.807, 2.05) is 0 Å². The van der Waals surface area contributed by atoms with Gasteiger partial charge in [-0.05, 0) is 6.07 Å². The van der Waals surface area contributed by atoms with Gasteiger partial charge in [0.15, 0.2) is 0 Å². The Labute approximate surface area is 108 Å². The summed E-state index contributed by atoms with van der Waals surface area (Å²) in [6.07, 6.45) is 1.11. The molecule has 7 nitrogen and oxygen atoms in total. The van der Waals surface area contributed by atoms with Crippen LogP contribution in [0.3, 0.4) is 0 Å². The number of benzene rings is 1. The van der Waals surface area contributed by atoms with Crippen LogP contribution in [0.2, 0.25) is 0 Å². The van der Waals surface area contributed by atoms with Crippen LogP contribution in [-0.2, 0) is 4.74 Å². The molecule has 0 amide bonds. The number of carboxylic acid groups (broad SMARTS) is 1. The molecule has 0 atom stereocenters. The number of nitrogens with zero attached hydrogens (tertiary/aromatic N) is 1. The van der Waals surface area contributed by atoms with E-state index in [1.54, 1.807) is 0 Å². The third-order valence-electron chi connectivity index (χ3n) is 2.87. The van der Waals surface area contributed by atoms with Crippen molar-refractivity contribution in [2.45, 2.75) is 18.9 Å². The van der Waals surface area contributed by atoms with Crippen molar-refractivity contribution in [1.29, 1.82) is 0 Å². The lowest BCUT2D eigenvalue weighted by Gasteiger charge is -2.23. The summed E-state index contributed by atoms with van der Waals surface area (Å²) in [4.78, 5) is 21.2. The zero-order valence-electron chi connectivity index (χ0n) is 10.1. The molecule has 1 heterocycles. The van der Waals surface area contributed by atoms with Gasteiger partial charge >= 0.3 is 5.97 Å². The number of hydrogen-bond acceptors (Lipinski definition) is 5. The Morgan fingerprint density at radius 3 is 2.68 bits per heavy atom. The Kier molecular flexibility index (Phi) is 3.96. The molecule has 1 aliphatic rings. The van der Waals surface area contributed by atoms with Crippen molar-refractivity contribution in [3.8, 4) is 5.75 Å². The Morgan fingerprint density at radius 1 is 1.42 bits per heavy atom. The second-order valence-electron chi connectivity index (χ2n) is 4.17. The quantitative estimate of drug-likeness (QED) is 0.660. The number of non-ortho nitro benzene ring substituents is 1. The van der Waals surface area contributed by atoms with Crippen molar-refractivity contribution < 1.29 is 24.3 Å². The van der Waals surface area contributed by atoms with Crippen molar-refractivity contribution >= 4 is 11.7 Å². The predicted octanol–water partition coefficient (Wildman–Crippen LogP) is 1.85. The topological polar surface area (TPSA) is 98.9 Å². The van der Waals surface area contributed by atoms with Crippen LogP contribution in [0.15, 0.2) is 18.2 Å². The number of carboxylic acids is 1. The summed E-state index contributed by atoms with van der Waals surface area (Å²) in [5, 5.41) is 19.8. The van der Waals surface area contributed by atoms with Crippen LogP contribution in [0.4, 0.5) is 5.69 Å². The van der Waals surface area contributed by atoms with Gasteiger partial charge in [-0.1, -0.05) is 0 Å². The first kappa shape index (κ1) is 13.3. The van der Waals surface area contributed by atoms with Gasteiger partial charge in [0.05, 0.1) is 24.2 Å². The van der Waals surface area contributed by atoms with E-state index in [0.717, 1.165) is 12.1 Å². The molecule has 1 aliphatic heterocycles. The maximum absolute atomic E-state index is 11.1. The number of carbonyl (C=O) groups is 1. The van der Waals surface area contributed by atoms with E-state index in [4.69, 9.17) is 14.6 Å². The molecule has 1 N–H and O–H groups in total. The van der Waals surface area contributed by atoms with E-state index < -0.39 is 10.9 Å². The number of nitro benzene ring substituents is 1. The van der Waals surface area contributed by atoms with E-state index in [2.05, 4.69) is 0 Å². The summed E-state index contributed by atoms with van der Waals surface area (Å²) in [5.74, 6) is -1.13. The molecule has 0 unspecified atom stereocenters. The van der Waals surface area contributed by atoms with Crippen LogP contribution in [0.25, 0.3) is 0 Å². The summed E-state index contributed by atoms with van der Waals surface area (Å²) < 4.78 is 10.7. The molecule has 0 bridgehead atoms. The first-order chi connectivity index (χ1) is 9.08. The summed E-state index contributed by atoms with van der Waals surface area (Å²) in [7, 11) is 0. The van der Waals surface area contributed by atoms with Crippen molar-refractivity contribution in [2.24, 2.45) is 0 Å². The molecular formula is C12H13NO6. The zero-order chi connectivity index (χ0) is 13.8. The standard InChI is InChI=1S/C12H13NO6/c14-12(15)10-2-1-8(13(16)17)7-11(10)19-9-3-5-18-6-4-9/h1-2,7,9H,3-6H2,(H,14,15). The van der Waals surface area contributed by atoms with Gasteiger partial charge in [-0.15, -0.1) is 0 Å². The molecule has 0 saturated carbocycles. The minimum absolute atomic E-state index is 0.0357. The highest BCUT2D eigenvalue weighted by molar-refractivity contribution is 5.91. The zero-order valence-corrected chi connectivity index (χ0v) is 10.1. The van der Waals surface area contributed by atoms with Crippen molar-refractivity contribution in [3.63, 3.8) is 0 Å². The van der Waals surface area contributed by atoms with Gasteiger partial charge in [0.25, 0.3) is 5.69 Å². The molecule has 1 aromatic carbocycles. The second kappa shape index (κ2) is 5.66. The maximum Gasteiger partial charge on any atom is 0.339 e. The Balaban J connectivity index is 2.26. The molecule has 1 aromatic rings. The number of ether oxygens (including phenoxy) is 2. The van der Waals surface area contributed by atoms with Gasteiger partial charge < -0.3 is 14.6 Å². The molecule has 2 rings (SSSR count).